The Morgan fingerprint density at radius 1 is 1.03 bits per heavy atom. The van der Waals surface area contributed by atoms with Gasteiger partial charge in [0.1, 0.15) is 0 Å². The van der Waals surface area contributed by atoms with Crippen LogP contribution in [0, 0.1) is 13.8 Å². The zero-order valence-corrected chi connectivity index (χ0v) is 18.2. The van der Waals surface area contributed by atoms with Gasteiger partial charge >= 0.3 is 5.97 Å². The maximum absolute atomic E-state index is 13.2. The fourth-order valence-electron chi connectivity index (χ4n) is 4.46. The van der Waals surface area contributed by atoms with Gasteiger partial charge in [-0.25, -0.2) is 4.79 Å². The smallest absolute Gasteiger partial charge is 0.340 e. The molecule has 1 aromatic heterocycles. The van der Waals surface area contributed by atoms with Gasteiger partial charge in [-0.2, -0.15) is 0 Å². The molecule has 0 aliphatic carbocycles. The van der Waals surface area contributed by atoms with Crippen molar-refractivity contribution in [2.45, 2.75) is 33.7 Å². The van der Waals surface area contributed by atoms with Crippen LogP contribution in [0.15, 0.2) is 36.4 Å². The molecule has 1 aliphatic rings. The summed E-state index contributed by atoms with van der Waals surface area (Å²) < 4.78 is 18.8. The number of carbonyl (C=O) groups is 1. The van der Waals surface area contributed by atoms with Crippen molar-refractivity contribution in [3.05, 3.63) is 58.8 Å². The van der Waals surface area contributed by atoms with E-state index in [2.05, 4.69) is 30.5 Å². The Morgan fingerprint density at radius 2 is 1.73 bits per heavy atom. The molecule has 0 radical (unpaired) electrons. The van der Waals surface area contributed by atoms with E-state index in [0.717, 1.165) is 52.2 Å². The van der Waals surface area contributed by atoms with E-state index in [9.17, 15) is 4.79 Å². The van der Waals surface area contributed by atoms with Crippen LogP contribution in [0.4, 0.5) is 0 Å². The standard InChI is InChI=1S/C25H27NO4/c1-6-30-25(27)23-22(18-10-8-7-9-15(18)2)16(3)26-12-11-17-13-20(28-4)21(29-5)14-19(17)24(23)26/h7-10,13-14H,6,11-12H2,1-5H3. The number of benzene rings is 2. The maximum Gasteiger partial charge on any atom is 0.340 e. The second-order valence-electron chi connectivity index (χ2n) is 7.49. The SMILES string of the molecule is CCOC(=O)c1c(-c2ccccc2C)c(C)n2c1-c1cc(OC)c(OC)cc1CC2. The van der Waals surface area contributed by atoms with Crippen molar-refractivity contribution >= 4 is 5.97 Å². The van der Waals surface area contributed by atoms with E-state index in [1.54, 1.807) is 14.2 Å². The Morgan fingerprint density at radius 3 is 2.40 bits per heavy atom. The molecule has 2 heterocycles. The van der Waals surface area contributed by atoms with Crippen LogP contribution in [0.25, 0.3) is 22.4 Å². The number of rotatable bonds is 5. The summed E-state index contributed by atoms with van der Waals surface area (Å²) in [4.78, 5) is 13.2. The average Bonchev–Trinajstić information content (AvgIpc) is 3.06. The lowest BCUT2D eigenvalue weighted by Gasteiger charge is -2.23. The Bertz CT molecular complexity index is 1130. The number of hydrogen-bond donors (Lipinski definition) is 0. The van der Waals surface area contributed by atoms with Gasteiger partial charge in [0.25, 0.3) is 0 Å². The highest BCUT2D eigenvalue weighted by molar-refractivity contribution is 6.06. The monoisotopic (exact) mass is 405 g/mol. The molecule has 0 unspecified atom stereocenters. The van der Waals surface area contributed by atoms with E-state index in [-0.39, 0.29) is 5.97 Å². The number of nitrogens with zero attached hydrogens (tertiary/aromatic N) is 1. The van der Waals surface area contributed by atoms with Crippen LogP contribution in [0.1, 0.15) is 34.1 Å². The molecule has 0 saturated heterocycles. The second kappa shape index (κ2) is 7.90. The molecule has 0 N–H and O–H groups in total. The zero-order valence-electron chi connectivity index (χ0n) is 18.2. The molecule has 1 aliphatic heterocycles. The summed E-state index contributed by atoms with van der Waals surface area (Å²) in [5, 5.41) is 0. The molecule has 0 spiro atoms. The first kappa shape index (κ1) is 20.1. The molecule has 0 fully saturated rings. The lowest BCUT2D eigenvalue weighted by atomic mass is 9.92. The van der Waals surface area contributed by atoms with E-state index in [0.29, 0.717) is 23.7 Å². The van der Waals surface area contributed by atoms with Crippen molar-refractivity contribution in [1.29, 1.82) is 0 Å². The van der Waals surface area contributed by atoms with E-state index in [1.807, 2.05) is 31.2 Å². The summed E-state index contributed by atoms with van der Waals surface area (Å²) in [6.45, 7) is 7.11. The van der Waals surface area contributed by atoms with Crippen LogP contribution >= 0.6 is 0 Å². The van der Waals surface area contributed by atoms with Crippen molar-refractivity contribution in [2.75, 3.05) is 20.8 Å². The number of fused-ring (bicyclic) bond motifs is 3. The van der Waals surface area contributed by atoms with Crippen molar-refractivity contribution in [3.63, 3.8) is 0 Å². The summed E-state index contributed by atoms with van der Waals surface area (Å²) in [7, 11) is 3.27. The summed E-state index contributed by atoms with van der Waals surface area (Å²) in [6.07, 6.45) is 0.855. The molecule has 0 atom stereocenters. The summed E-state index contributed by atoms with van der Waals surface area (Å²) >= 11 is 0. The third kappa shape index (κ3) is 3.05. The molecule has 156 valence electrons. The van der Waals surface area contributed by atoms with Gasteiger partial charge in [-0.05, 0) is 56.0 Å². The highest BCUT2D eigenvalue weighted by Crippen LogP contribution is 2.45. The number of ether oxygens (including phenoxy) is 3. The van der Waals surface area contributed by atoms with Crippen molar-refractivity contribution in [1.82, 2.24) is 4.57 Å². The first-order valence-electron chi connectivity index (χ1n) is 10.2. The van der Waals surface area contributed by atoms with Crippen LogP contribution in [0.3, 0.4) is 0 Å². The van der Waals surface area contributed by atoms with Gasteiger partial charge in [0.05, 0.1) is 32.1 Å². The molecule has 5 nitrogen and oxygen atoms in total. The minimum Gasteiger partial charge on any atom is -0.493 e. The highest BCUT2D eigenvalue weighted by Gasteiger charge is 2.32. The molecule has 0 amide bonds. The molecule has 0 bridgehead atoms. The number of aromatic nitrogens is 1. The van der Waals surface area contributed by atoms with Gasteiger partial charge in [0.2, 0.25) is 0 Å². The Kier molecular flexibility index (Phi) is 5.29. The van der Waals surface area contributed by atoms with Gasteiger partial charge in [0.15, 0.2) is 11.5 Å². The van der Waals surface area contributed by atoms with Crippen LogP contribution in [0.5, 0.6) is 11.5 Å². The molecule has 0 saturated carbocycles. The third-order valence-electron chi connectivity index (χ3n) is 5.89. The number of carbonyl (C=O) groups excluding carboxylic acids is 1. The molecular weight excluding hydrogens is 378 g/mol. The van der Waals surface area contributed by atoms with Crippen molar-refractivity contribution in [2.24, 2.45) is 0 Å². The minimum atomic E-state index is -0.296. The Labute approximate surface area is 177 Å². The Hall–Kier alpha value is -3.21. The predicted molar refractivity (Wildman–Crippen MR) is 118 cm³/mol. The van der Waals surface area contributed by atoms with Gasteiger partial charge in [0, 0.05) is 23.4 Å². The van der Waals surface area contributed by atoms with E-state index in [4.69, 9.17) is 14.2 Å². The predicted octanol–water partition coefficient (Wildman–Crippen LogP) is 5.19. The lowest BCUT2D eigenvalue weighted by Crippen LogP contribution is -2.15. The fourth-order valence-corrected chi connectivity index (χ4v) is 4.46. The van der Waals surface area contributed by atoms with Crippen LogP contribution < -0.4 is 9.47 Å². The quantitative estimate of drug-likeness (QED) is 0.548. The lowest BCUT2D eigenvalue weighted by molar-refractivity contribution is 0.0528. The summed E-state index contributed by atoms with van der Waals surface area (Å²) in [6, 6.07) is 12.2. The molecule has 3 aromatic rings. The Balaban J connectivity index is 2.06. The van der Waals surface area contributed by atoms with Gasteiger partial charge < -0.3 is 18.8 Å². The van der Waals surface area contributed by atoms with E-state index in [1.165, 1.54) is 0 Å². The van der Waals surface area contributed by atoms with Gasteiger partial charge in [-0.15, -0.1) is 0 Å². The number of hydrogen-bond acceptors (Lipinski definition) is 4. The average molecular weight is 405 g/mol. The molecule has 4 rings (SSSR count). The highest BCUT2D eigenvalue weighted by atomic mass is 16.5. The zero-order chi connectivity index (χ0) is 21.4. The van der Waals surface area contributed by atoms with Crippen molar-refractivity contribution < 1.29 is 19.0 Å². The third-order valence-corrected chi connectivity index (χ3v) is 5.89. The van der Waals surface area contributed by atoms with Crippen LogP contribution in [0.2, 0.25) is 0 Å². The molecule has 5 heteroatoms. The second-order valence-corrected chi connectivity index (χ2v) is 7.49. The van der Waals surface area contributed by atoms with Gasteiger partial charge in [-0.3, -0.25) is 0 Å². The van der Waals surface area contributed by atoms with Crippen molar-refractivity contribution in [3.8, 4) is 33.9 Å². The maximum atomic E-state index is 13.2. The first-order chi connectivity index (χ1) is 14.5. The normalized spacial score (nSPS) is 12.2. The first-order valence-corrected chi connectivity index (χ1v) is 10.2. The van der Waals surface area contributed by atoms with Crippen LogP contribution in [-0.2, 0) is 17.7 Å². The minimum absolute atomic E-state index is 0.296. The van der Waals surface area contributed by atoms with Crippen LogP contribution in [-0.4, -0.2) is 31.4 Å². The number of esters is 1. The summed E-state index contributed by atoms with van der Waals surface area (Å²) in [5.74, 6) is 1.05. The van der Waals surface area contributed by atoms with E-state index >= 15 is 0 Å². The van der Waals surface area contributed by atoms with E-state index < -0.39 is 0 Å². The number of aryl methyl sites for hydroxylation is 2. The number of methoxy groups -OCH3 is 2. The summed E-state index contributed by atoms with van der Waals surface area (Å²) in [5.41, 5.74) is 7.85. The fraction of sp³-hybridized carbons (Fsp3) is 0.320. The topological polar surface area (TPSA) is 49.7 Å². The molecule has 30 heavy (non-hydrogen) atoms. The molecule has 2 aromatic carbocycles. The largest absolute Gasteiger partial charge is 0.493 e. The molecular formula is C25H27NO4. The van der Waals surface area contributed by atoms with Gasteiger partial charge in [-0.1, -0.05) is 24.3 Å².